The number of urea groups is 1. The predicted molar refractivity (Wildman–Crippen MR) is 93.6 cm³/mol. The third kappa shape index (κ3) is 3.74. The molecule has 1 fully saturated rings. The fraction of sp³-hybridized carbons (Fsp3) is 0.263. The first-order valence-electron chi connectivity index (χ1n) is 8.04. The Morgan fingerprint density at radius 1 is 1.12 bits per heavy atom. The minimum absolute atomic E-state index is 0.0391. The molecule has 0 unspecified atom stereocenters. The van der Waals surface area contributed by atoms with Crippen LogP contribution in [0.5, 0.6) is 0 Å². The van der Waals surface area contributed by atoms with Crippen molar-refractivity contribution in [2.45, 2.75) is 19.0 Å². The molecule has 1 aliphatic heterocycles. The zero-order valence-electron chi connectivity index (χ0n) is 13.7. The predicted octanol–water partition coefficient (Wildman–Crippen LogP) is 2.63. The average Bonchev–Trinajstić information content (AvgIpc) is 2.97. The van der Waals surface area contributed by atoms with Gasteiger partial charge in [-0.15, -0.1) is 0 Å². The van der Waals surface area contributed by atoms with E-state index in [0.717, 1.165) is 11.3 Å². The van der Waals surface area contributed by atoms with Gasteiger partial charge in [-0.1, -0.05) is 48.5 Å². The number of carbonyl (C=O) groups is 2. The Labute approximate surface area is 141 Å². The molecule has 0 radical (unpaired) electrons. The highest BCUT2D eigenvalue weighted by molar-refractivity contribution is 5.96. The highest BCUT2D eigenvalue weighted by Crippen LogP contribution is 2.21. The normalized spacial score (nSPS) is 17.0. The number of rotatable bonds is 4. The van der Waals surface area contributed by atoms with Crippen molar-refractivity contribution in [3.63, 3.8) is 0 Å². The van der Waals surface area contributed by atoms with E-state index in [9.17, 15) is 9.59 Å². The molecule has 3 amide bonds. The van der Waals surface area contributed by atoms with E-state index in [1.54, 1.807) is 16.8 Å². The zero-order chi connectivity index (χ0) is 16.9. The molecule has 24 heavy (non-hydrogen) atoms. The molecule has 1 N–H and O–H groups in total. The van der Waals surface area contributed by atoms with Gasteiger partial charge in [-0.05, 0) is 17.7 Å². The average molecular weight is 323 g/mol. The van der Waals surface area contributed by atoms with Crippen molar-refractivity contribution in [1.29, 1.82) is 0 Å². The van der Waals surface area contributed by atoms with E-state index in [1.165, 1.54) is 0 Å². The van der Waals surface area contributed by atoms with Crippen LogP contribution in [-0.2, 0) is 11.3 Å². The number of carbonyl (C=O) groups excluding carboxylic acids is 2. The van der Waals surface area contributed by atoms with Gasteiger partial charge >= 0.3 is 6.03 Å². The van der Waals surface area contributed by atoms with Gasteiger partial charge in [-0.2, -0.15) is 0 Å². The van der Waals surface area contributed by atoms with Gasteiger partial charge in [0.25, 0.3) is 0 Å². The van der Waals surface area contributed by atoms with Crippen molar-refractivity contribution in [3.8, 4) is 0 Å². The Bertz CT molecular complexity index is 703. The van der Waals surface area contributed by atoms with E-state index in [4.69, 9.17) is 0 Å². The second-order valence-electron chi connectivity index (χ2n) is 6.03. The monoisotopic (exact) mass is 323 g/mol. The molecule has 0 spiro atoms. The summed E-state index contributed by atoms with van der Waals surface area (Å²) in [6.45, 7) is 1.05. The molecule has 5 nitrogen and oxygen atoms in total. The van der Waals surface area contributed by atoms with Gasteiger partial charge in [0.2, 0.25) is 5.91 Å². The first kappa shape index (κ1) is 16.1. The van der Waals surface area contributed by atoms with Gasteiger partial charge in [0, 0.05) is 32.2 Å². The number of amides is 3. The van der Waals surface area contributed by atoms with Crippen LogP contribution in [0.3, 0.4) is 0 Å². The Morgan fingerprint density at radius 3 is 2.42 bits per heavy atom. The lowest BCUT2D eigenvalue weighted by atomic mass is 10.2. The Balaban J connectivity index is 1.56. The van der Waals surface area contributed by atoms with Gasteiger partial charge in [0.15, 0.2) is 0 Å². The molecular formula is C19H21N3O2. The maximum Gasteiger partial charge on any atom is 0.317 e. The van der Waals surface area contributed by atoms with Crippen LogP contribution in [0.4, 0.5) is 10.5 Å². The number of para-hydroxylation sites is 1. The highest BCUT2D eigenvalue weighted by atomic mass is 16.2. The summed E-state index contributed by atoms with van der Waals surface area (Å²) in [5, 5.41) is 2.95. The molecule has 0 saturated carbocycles. The molecule has 2 aromatic carbocycles. The Kier molecular flexibility index (Phi) is 4.79. The standard InChI is InChI=1S/C19H21N3O2/c1-21(13-15-8-4-2-5-9-15)19(24)20-16-12-18(23)22(14-16)17-10-6-3-7-11-17/h2-11,16H,12-14H2,1H3,(H,20,24)/t16-/m0/s1. The van der Waals surface area contributed by atoms with Crippen molar-refractivity contribution in [3.05, 3.63) is 66.2 Å². The van der Waals surface area contributed by atoms with Crippen molar-refractivity contribution < 1.29 is 9.59 Å². The molecule has 2 aromatic rings. The summed E-state index contributed by atoms with van der Waals surface area (Å²) in [6, 6.07) is 19.0. The van der Waals surface area contributed by atoms with Crippen molar-refractivity contribution >= 4 is 17.6 Å². The topological polar surface area (TPSA) is 52.7 Å². The zero-order valence-corrected chi connectivity index (χ0v) is 13.7. The molecule has 1 heterocycles. The fourth-order valence-electron chi connectivity index (χ4n) is 2.88. The second kappa shape index (κ2) is 7.17. The molecule has 3 rings (SSSR count). The largest absolute Gasteiger partial charge is 0.333 e. The minimum Gasteiger partial charge on any atom is -0.333 e. The lowest BCUT2D eigenvalue weighted by Gasteiger charge is -2.21. The molecule has 1 aliphatic rings. The molecule has 124 valence electrons. The van der Waals surface area contributed by atoms with E-state index >= 15 is 0 Å². The summed E-state index contributed by atoms with van der Waals surface area (Å²) in [6.07, 6.45) is 0.333. The lowest BCUT2D eigenvalue weighted by Crippen LogP contribution is -2.43. The van der Waals surface area contributed by atoms with E-state index in [0.29, 0.717) is 19.5 Å². The van der Waals surface area contributed by atoms with Crippen LogP contribution < -0.4 is 10.2 Å². The molecule has 5 heteroatoms. The van der Waals surface area contributed by atoms with Crippen LogP contribution in [0.1, 0.15) is 12.0 Å². The number of benzene rings is 2. The van der Waals surface area contributed by atoms with Crippen LogP contribution in [0.15, 0.2) is 60.7 Å². The quantitative estimate of drug-likeness (QED) is 0.940. The van der Waals surface area contributed by atoms with Crippen molar-refractivity contribution in [2.24, 2.45) is 0 Å². The van der Waals surface area contributed by atoms with E-state index in [-0.39, 0.29) is 18.0 Å². The van der Waals surface area contributed by atoms with Gasteiger partial charge in [-0.3, -0.25) is 4.79 Å². The van der Waals surface area contributed by atoms with E-state index < -0.39 is 0 Å². The Morgan fingerprint density at radius 2 is 1.75 bits per heavy atom. The maximum atomic E-state index is 12.3. The maximum absolute atomic E-state index is 12.3. The summed E-state index contributed by atoms with van der Waals surface area (Å²) in [5.41, 5.74) is 1.94. The molecule has 1 saturated heterocycles. The summed E-state index contributed by atoms with van der Waals surface area (Å²) in [7, 11) is 1.76. The third-order valence-corrected chi connectivity index (χ3v) is 4.13. The summed E-state index contributed by atoms with van der Waals surface area (Å²) in [4.78, 5) is 27.9. The molecular weight excluding hydrogens is 302 g/mol. The van der Waals surface area contributed by atoms with E-state index in [1.807, 2.05) is 60.7 Å². The smallest absolute Gasteiger partial charge is 0.317 e. The number of nitrogens with zero attached hydrogens (tertiary/aromatic N) is 2. The van der Waals surface area contributed by atoms with Crippen LogP contribution in [0.2, 0.25) is 0 Å². The summed E-state index contributed by atoms with van der Waals surface area (Å²) in [5.74, 6) is 0.0391. The van der Waals surface area contributed by atoms with Gasteiger partial charge in [-0.25, -0.2) is 4.79 Å². The molecule has 1 atom stereocenters. The minimum atomic E-state index is -0.163. The van der Waals surface area contributed by atoms with Crippen molar-refractivity contribution in [1.82, 2.24) is 10.2 Å². The van der Waals surface area contributed by atoms with Gasteiger partial charge in [0.05, 0.1) is 6.04 Å². The second-order valence-corrected chi connectivity index (χ2v) is 6.03. The number of nitrogens with one attached hydrogen (secondary N) is 1. The van der Waals surface area contributed by atoms with Gasteiger partial charge in [0.1, 0.15) is 0 Å². The summed E-state index contributed by atoms with van der Waals surface area (Å²) >= 11 is 0. The lowest BCUT2D eigenvalue weighted by molar-refractivity contribution is -0.117. The third-order valence-electron chi connectivity index (χ3n) is 4.13. The van der Waals surface area contributed by atoms with Gasteiger partial charge < -0.3 is 15.1 Å². The molecule has 0 bridgehead atoms. The number of anilines is 1. The SMILES string of the molecule is CN(Cc1ccccc1)C(=O)N[C@H]1CC(=O)N(c2ccccc2)C1. The first-order valence-corrected chi connectivity index (χ1v) is 8.04. The fourth-order valence-corrected chi connectivity index (χ4v) is 2.88. The number of hydrogen-bond donors (Lipinski definition) is 1. The molecule has 0 aliphatic carbocycles. The van der Waals surface area contributed by atoms with Crippen LogP contribution in [0, 0.1) is 0 Å². The van der Waals surface area contributed by atoms with Crippen LogP contribution in [0.25, 0.3) is 0 Å². The van der Waals surface area contributed by atoms with Crippen LogP contribution in [-0.4, -0.2) is 36.5 Å². The van der Waals surface area contributed by atoms with Crippen molar-refractivity contribution in [2.75, 3.05) is 18.5 Å². The van der Waals surface area contributed by atoms with E-state index in [2.05, 4.69) is 5.32 Å². The number of hydrogen-bond acceptors (Lipinski definition) is 2. The Hall–Kier alpha value is -2.82. The molecule has 0 aromatic heterocycles. The first-order chi connectivity index (χ1) is 11.6. The summed E-state index contributed by atoms with van der Waals surface area (Å²) < 4.78 is 0. The highest BCUT2D eigenvalue weighted by Gasteiger charge is 2.31. The van der Waals surface area contributed by atoms with Crippen LogP contribution >= 0.6 is 0 Å².